The van der Waals surface area contributed by atoms with E-state index in [9.17, 15) is 0 Å². The highest BCUT2D eigenvalue weighted by Gasteiger charge is 2.39. The van der Waals surface area contributed by atoms with Crippen LogP contribution in [0, 0.1) is 0 Å². The fourth-order valence-electron chi connectivity index (χ4n) is 3.32. The van der Waals surface area contributed by atoms with E-state index in [1.165, 1.54) is 0 Å². The third-order valence-electron chi connectivity index (χ3n) is 4.34. The maximum absolute atomic E-state index is 4.38. The lowest BCUT2D eigenvalue weighted by atomic mass is 9.77. The Morgan fingerprint density at radius 3 is 1.33 bits per heavy atom. The Morgan fingerprint density at radius 1 is 0.583 bits per heavy atom. The van der Waals surface area contributed by atoms with Crippen LogP contribution in [0.15, 0.2) is 103 Å². The van der Waals surface area contributed by atoms with Gasteiger partial charge < -0.3 is 0 Å². The van der Waals surface area contributed by atoms with Gasteiger partial charge in [-0.1, -0.05) is 96.2 Å². The molecule has 0 aliphatic rings. The summed E-state index contributed by atoms with van der Waals surface area (Å²) in [6.07, 6.45) is 3.65. The Labute approximate surface area is 141 Å². The molecule has 3 aromatic carbocycles. The van der Waals surface area contributed by atoms with Gasteiger partial charge in [-0.3, -0.25) is 0 Å². The van der Waals surface area contributed by atoms with E-state index < -0.39 is 5.54 Å². The molecule has 0 radical (unpaired) electrons. The summed E-state index contributed by atoms with van der Waals surface area (Å²) in [6, 6.07) is 31.3. The van der Waals surface area contributed by atoms with Crippen LogP contribution in [0.4, 0.5) is 0 Å². The minimum Gasteiger partial charge on any atom is -0.233 e. The van der Waals surface area contributed by atoms with Crippen molar-refractivity contribution in [2.75, 3.05) is 0 Å². The standard InChI is InChI=1S/C21H17N3/c1-4-10-18(11-5-1)21(24-17-16-22-23-24,19-12-6-2-7-13-19)20-14-8-3-9-15-20/h1-17H. The van der Waals surface area contributed by atoms with Crippen molar-refractivity contribution in [1.82, 2.24) is 15.0 Å². The summed E-state index contributed by atoms with van der Waals surface area (Å²) in [4.78, 5) is 0. The van der Waals surface area contributed by atoms with E-state index in [1.54, 1.807) is 6.20 Å². The topological polar surface area (TPSA) is 30.7 Å². The van der Waals surface area contributed by atoms with Crippen molar-refractivity contribution < 1.29 is 0 Å². The van der Waals surface area contributed by atoms with E-state index in [1.807, 2.05) is 29.1 Å². The summed E-state index contributed by atoms with van der Waals surface area (Å²) in [5.74, 6) is 0. The summed E-state index contributed by atoms with van der Waals surface area (Å²) in [6.45, 7) is 0. The Balaban J connectivity index is 2.12. The zero-order valence-electron chi connectivity index (χ0n) is 13.2. The van der Waals surface area contributed by atoms with E-state index in [2.05, 4.69) is 83.1 Å². The number of hydrogen-bond acceptors (Lipinski definition) is 2. The molecule has 3 nitrogen and oxygen atoms in total. The quantitative estimate of drug-likeness (QED) is 0.531. The van der Waals surface area contributed by atoms with E-state index in [4.69, 9.17) is 0 Å². The Bertz CT molecular complexity index is 789. The van der Waals surface area contributed by atoms with Gasteiger partial charge in [0.2, 0.25) is 0 Å². The van der Waals surface area contributed by atoms with Gasteiger partial charge in [-0.2, -0.15) is 0 Å². The van der Waals surface area contributed by atoms with Gasteiger partial charge in [0.1, 0.15) is 5.54 Å². The molecule has 0 atom stereocenters. The highest BCUT2D eigenvalue weighted by atomic mass is 15.4. The SMILES string of the molecule is c1ccc(C(c2ccccc2)(c2ccccc2)n2ccnn2)cc1. The molecule has 1 heterocycles. The van der Waals surface area contributed by atoms with Gasteiger partial charge >= 0.3 is 0 Å². The number of aromatic nitrogens is 3. The lowest BCUT2D eigenvalue weighted by molar-refractivity contribution is 0.446. The minimum atomic E-state index is -0.555. The molecular formula is C21H17N3. The van der Waals surface area contributed by atoms with Gasteiger partial charge in [-0.25, -0.2) is 4.68 Å². The first-order chi connectivity index (χ1) is 11.9. The maximum Gasteiger partial charge on any atom is 0.139 e. The fraction of sp³-hybridized carbons (Fsp3) is 0.0476. The molecule has 0 saturated carbocycles. The predicted molar refractivity (Wildman–Crippen MR) is 94.6 cm³/mol. The zero-order valence-corrected chi connectivity index (χ0v) is 13.2. The van der Waals surface area contributed by atoms with Crippen molar-refractivity contribution in [1.29, 1.82) is 0 Å². The van der Waals surface area contributed by atoms with E-state index in [0.717, 1.165) is 16.7 Å². The summed E-state index contributed by atoms with van der Waals surface area (Å²) < 4.78 is 1.94. The molecule has 0 fully saturated rings. The normalized spacial score (nSPS) is 11.3. The smallest absolute Gasteiger partial charge is 0.139 e. The number of benzene rings is 3. The molecule has 0 bridgehead atoms. The van der Waals surface area contributed by atoms with Gasteiger partial charge in [0.25, 0.3) is 0 Å². The average Bonchev–Trinajstić information content (AvgIpc) is 3.20. The van der Waals surface area contributed by atoms with Gasteiger partial charge in [0.05, 0.1) is 6.20 Å². The van der Waals surface area contributed by atoms with E-state index in [0.29, 0.717) is 0 Å². The molecule has 4 aromatic rings. The van der Waals surface area contributed by atoms with E-state index >= 15 is 0 Å². The van der Waals surface area contributed by atoms with Crippen LogP contribution in [0.5, 0.6) is 0 Å². The van der Waals surface area contributed by atoms with Crippen molar-refractivity contribution in [3.8, 4) is 0 Å². The van der Waals surface area contributed by atoms with Crippen molar-refractivity contribution in [3.05, 3.63) is 120 Å². The Kier molecular flexibility index (Phi) is 3.67. The van der Waals surface area contributed by atoms with Crippen molar-refractivity contribution >= 4 is 0 Å². The van der Waals surface area contributed by atoms with Gasteiger partial charge in [-0.05, 0) is 16.7 Å². The molecule has 0 spiro atoms. The molecule has 4 rings (SSSR count). The van der Waals surface area contributed by atoms with Crippen LogP contribution in [0.3, 0.4) is 0 Å². The summed E-state index contributed by atoms with van der Waals surface area (Å²) >= 11 is 0. The first-order valence-corrected chi connectivity index (χ1v) is 7.96. The molecule has 0 saturated heterocycles. The minimum absolute atomic E-state index is 0.555. The molecule has 0 aliphatic carbocycles. The van der Waals surface area contributed by atoms with Gasteiger partial charge in [0.15, 0.2) is 0 Å². The van der Waals surface area contributed by atoms with Gasteiger partial charge in [0, 0.05) is 6.20 Å². The lowest BCUT2D eigenvalue weighted by Gasteiger charge is -2.35. The first kappa shape index (κ1) is 14.4. The van der Waals surface area contributed by atoms with E-state index in [-0.39, 0.29) is 0 Å². The van der Waals surface area contributed by atoms with Crippen molar-refractivity contribution in [3.63, 3.8) is 0 Å². The zero-order chi connectivity index (χ0) is 16.2. The highest BCUT2D eigenvalue weighted by molar-refractivity contribution is 5.50. The maximum atomic E-state index is 4.38. The van der Waals surface area contributed by atoms with Crippen molar-refractivity contribution in [2.24, 2.45) is 0 Å². The summed E-state index contributed by atoms with van der Waals surface area (Å²) in [5.41, 5.74) is 2.88. The fourth-order valence-corrected chi connectivity index (χ4v) is 3.32. The predicted octanol–water partition coefficient (Wildman–Crippen LogP) is 4.12. The molecule has 0 unspecified atom stereocenters. The largest absolute Gasteiger partial charge is 0.233 e. The lowest BCUT2D eigenvalue weighted by Crippen LogP contribution is -2.38. The van der Waals surface area contributed by atoms with Crippen LogP contribution in [0.2, 0.25) is 0 Å². The summed E-state index contributed by atoms with van der Waals surface area (Å²) in [5, 5.41) is 8.46. The molecule has 24 heavy (non-hydrogen) atoms. The van der Waals surface area contributed by atoms with Crippen LogP contribution in [0.1, 0.15) is 16.7 Å². The number of hydrogen-bond donors (Lipinski definition) is 0. The molecule has 0 amide bonds. The van der Waals surface area contributed by atoms with Crippen LogP contribution in [-0.2, 0) is 5.54 Å². The van der Waals surface area contributed by atoms with Crippen LogP contribution < -0.4 is 0 Å². The van der Waals surface area contributed by atoms with Crippen LogP contribution in [-0.4, -0.2) is 15.0 Å². The third kappa shape index (κ3) is 2.22. The van der Waals surface area contributed by atoms with Crippen LogP contribution in [0.25, 0.3) is 0 Å². The first-order valence-electron chi connectivity index (χ1n) is 7.96. The molecular weight excluding hydrogens is 294 g/mol. The second-order valence-electron chi connectivity index (χ2n) is 5.66. The monoisotopic (exact) mass is 311 g/mol. The third-order valence-corrected chi connectivity index (χ3v) is 4.34. The number of nitrogens with zero attached hydrogens (tertiary/aromatic N) is 3. The molecule has 0 aliphatic heterocycles. The molecule has 1 aromatic heterocycles. The highest BCUT2D eigenvalue weighted by Crippen LogP contribution is 2.39. The Morgan fingerprint density at radius 2 is 1.00 bits per heavy atom. The van der Waals surface area contributed by atoms with Gasteiger partial charge in [-0.15, -0.1) is 5.10 Å². The second-order valence-corrected chi connectivity index (χ2v) is 5.66. The van der Waals surface area contributed by atoms with Crippen LogP contribution >= 0.6 is 0 Å². The number of rotatable bonds is 4. The Hall–Kier alpha value is -3.20. The van der Waals surface area contributed by atoms with Crippen molar-refractivity contribution in [2.45, 2.75) is 5.54 Å². The molecule has 116 valence electrons. The molecule has 3 heteroatoms. The summed E-state index contributed by atoms with van der Waals surface area (Å²) in [7, 11) is 0. The average molecular weight is 311 g/mol. The molecule has 0 N–H and O–H groups in total. The second kappa shape index (κ2) is 6.13.